The number of carbonyl (C=O) groups excluding carboxylic acids is 3. The van der Waals surface area contributed by atoms with Crippen molar-refractivity contribution in [1.29, 1.82) is 0 Å². The van der Waals surface area contributed by atoms with Crippen LogP contribution in [-0.2, 0) is 25.7 Å². The number of hydrogen-bond acceptors (Lipinski definition) is 5. The summed E-state index contributed by atoms with van der Waals surface area (Å²) in [6.07, 6.45) is 0.404. The Bertz CT molecular complexity index is 757. The van der Waals surface area contributed by atoms with Gasteiger partial charge >= 0.3 is 5.97 Å². The first-order valence-corrected chi connectivity index (χ1v) is 7.89. The third kappa shape index (κ3) is 3.88. The highest BCUT2D eigenvalue weighted by Crippen LogP contribution is 2.25. The maximum absolute atomic E-state index is 12.4. The van der Waals surface area contributed by atoms with Crippen LogP contribution in [0, 0.1) is 5.92 Å². The van der Waals surface area contributed by atoms with Crippen LogP contribution in [0.2, 0.25) is 0 Å². The van der Waals surface area contributed by atoms with Gasteiger partial charge in [0.2, 0.25) is 12.0 Å². The predicted molar refractivity (Wildman–Crippen MR) is 86.7 cm³/mol. The SMILES string of the molecule is NC(=O)[C@@H](OC(=O)[C@@H]1CC(=O)N(Cc2ccco2)C1)c1ccccc1. The molecule has 1 aromatic carbocycles. The second kappa shape index (κ2) is 7.21. The van der Waals surface area contributed by atoms with E-state index in [9.17, 15) is 14.4 Å². The minimum atomic E-state index is -1.16. The highest BCUT2D eigenvalue weighted by molar-refractivity contribution is 5.89. The van der Waals surface area contributed by atoms with Crippen molar-refractivity contribution in [3.8, 4) is 0 Å². The quantitative estimate of drug-likeness (QED) is 0.799. The Hall–Kier alpha value is -3.09. The van der Waals surface area contributed by atoms with Gasteiger partial charge in [-0.1, -0.05) is 30.3 Å². The molecule has 130 valence electrons. The van der Waals surface area contributed by atoms with Crippen molar-refractivity contribution in [1.82, 2.24) is 4.90 Å². The molecule has 0 bridgehead atoms. The fraction of sp³-hybridized carbons (Fsp3) is 0.278. The van der Waals surface area contributed by atoms with Gasteiger partial charge in [0.25, 0.3) is 5.91 Å². The smallest absolute Gasteiger partial charge is 0.312 e. The minimum Gasteiger partial charge on any atom is -0.467 e. The summed E-state index contributed by atoms with van der Waals surface area (Å²) in [5, 5.41) is 0. The zero-order chi connectivity index (χ0) is 17.8. The predicted octanol–water partition coefficient (Wildman–Crippen LogP) is 1.40. The number of ether oxygens (including phenoxy) is 1. The monoisotopic (exact) mass is 342 g/mol. The van der Waals surface area contributed by atoms with Crippen LogP contribution in [0.4, 0.5) is 0 Å². The molecule has 1 aromatic heterocycles. The van der Waals surface area contributed by atoms with Crippen molar-refractivity contribution in [2.45, 2.75) is 19.1 Å². The lowest BCUT2D eigenvalue weighted by molar-refractivity contribution is -0.159. The lowest BCUT2D eigenvalue weighted by Gasteiger charge is -2.18. The highest BCUT2D eigenvalue weighted by Gasteiger charge is 2.37. The van der Waals surface area contributed by atoms with Crippen LogP contribution in [-0.4, -0.2) is 29.2 Å². The van der Waals surface area contributed by atoms with Crippen LogP contribution in [0.5, 0.6) is 0 Å². The molecule has 2 heterocycles. The summed E-state index contributed by atoms with van der Waals surface area (Å²) in [6, 6.07) is 12.0. The molecular weight excluding hydrogens is 324 g/mol. The van der Waals surface area contributed by atoms with Gasteiger partial charge < -0.3 is 19.8 Å². The maximum Gasteiger partial charge on any atom is 0.312 e. The van der Waals surface area contributed by atoms with E-state index in [0.29, 0.717) is 17.9 Å². The summed E-state index contributed by atoms with van der Waals surface area (Å²) in [7, 11) is 0. The van der Waals surface area contributed by atoms with Gasteiger partial charge in [0, 0.05) is 18.5 Å². The first-order chi connectivity index (χ1) is 12.0. The number of furan rings is 1. The Labute approximate surface area is 144 Å². The lowest BCUT2D eigenvalue weighted by atomic mass is 10.1. The van der Waals surface area contributed by atoms with Crippen LogP contribution < -0.4 is 5.73 Å². The maximum atomic E-state index is 12.4. The molecule has 0 saturated carbocycles. The van der Waals surface area contributed by atoms with Crippen molar-refractivity contribution in [3.63, 3.8) is 0 Å². The summed E-state index contributed by atoms with van der Waals surface area (Å²) in [6.45, 7) is 0.520. The molecule has 2 amide bonds. The summed E-state index contributed by atoms with van der Waals surface area (Å²) in [5.74, 6) is -1.51. The van der Waals surface area contributed by atoms with E-state index in [2.05, 4.69) is 0 Å². The molecule has 2 aromatic rings. The number of likely N-dealkylation sites (tertiary alicyclic amines) is 1. The van der Waals surface area contributed by atoms with E-state index in [0.717, 1.165) is 0 Å². The molecule has 1 aliphatic heterocycles. The van der Waals surface area contributed by atoms with E-state index in [1.165, 1.54) is 11.2 Å². The molecule has 0 spiro atoms. The minimum absolute atomic E-state index is 0.0415. The number of rotatable bonds is 6. The van der Waals surface area contributed by atoms with E-state index < -0.39 is 23.9 Å². The molecule has 3 rings (SSSR count). The molecule has 2 atom stereocenters. The second-order valence-corrected chi connectivity index (χ2v) is 5.88. The third-order valence-corrected chi connectivity index (χ3v) is 4.07. The number of amides is 2. The van der Waals surface area contributed by atoms with Crippen molar-refractivity contribution >= 4 is 17.8 Å². The highest BCUT2D eigenvalue weighted by atomic mass is 16.5. The number of carbonyl (C=O) groups is 3. The van der Waals surface area contributed by atoms with Crippen LogP contribution in [0.25, 0.3) is 0 Å². The van der Waals surface area contributed by atoms with Crippen molar-refractivity contribution in [2.75, 3.05) is 6.54 Å². The van der Waals surface area contributed by atoms with Crippen LogP contribution in [0.3, 0.4) is 0 Å². The molecule has 2 N–H and O–H groups in total. The van der Waals surface area contributed by atoms with Gasteiger partial charge in [0.1, 0.15) is 5.76 Å². The molecule has 1 fully saturated rings. The van der Waals surface area contributed by atoms with Gasteiger partial charge in [0.05, 0.1) is 18.7 Å². The number of nitrogens with zero attached hydrogens (tertiary/aromatic N) is 1. The number of esters is 1. The van der Waals surface area contributed by atoms with Gasteiger partial charge in [-0.3, -0.25) is 14.4 Å². The number of primary amides is 1. The average Bonchev–Trinajstić information content (AvgIpc) is 3.24. The molecule has 1 aliphatic rings. The van der Waals surface area contributed by atoms with Gasteiger partial charge in [0.15, 0.2) is 0 Å². The zero-order valence-electron chi connectivity index (χ0n) is 13.5. The largest absolute Gasteiger partial charge is 0.467 e. The summed E-state index contributed by atoms with van der Waals surface area (Å²) >= 11 is 0. The number of hydrogen-bond donors (Lipinski definition) is 1. The molecule has 7 heteroatoms. The Morgan fingerprint density at radius 2 is 2.00 bits per heavy atom. The van der Waals surface area contributed by atoms with Crippen molar-refractivity contribution in [3.05, 3.63) is 60.1 Å². The van der Waals surface area contributed by atoms with Crippen LogP contribution >= 0.6 is 0 Å². The fourth-order valence-corrected chi connectivity index (χ4v) is 2.80. The zero-order valence-corrected chi connectivity index (χ0v) is 13.5. The lowest BCUT2D eigenvalue weighted by Crippen LogP contribution is -2.30. The number of benzene rings is 1. The Morgan fingerprint density at radius 1 is 1.24 bits per heavy atom. The van der Waals surface area contributed by atoms with Crippen molar-refractivity contribution < 1.29 is 23.5 Å². The fourth-order valence-electron chi connectivity index (χ4n) is 2.80. The first-order valence-electron chi connectivity index (χ1n) is 7.89. The van der Waals surface area contributed by atoms with Crippen LogP contribution in [0.1, 0.15) is 23.8 Å². The number of nitrogens with two attached hydrogens (primary N) is 1. The Kier molecular flexibility index (Phi) is 4.83. The van der Waals surface area contributed by atoms with Crippen molar-refractivity contribution in [2.24, 2.45) is 11.7 Å². The molecule has 7 nitrogen and oxygen atoms in total. The third-order valence-electron chi connectivity index (χ3n) is 4.07. The molecule has 0 unspecified atom stereocenters. The summed E-state index contributed by atoms with van der Waals surface area (Å²) in [5.41, 5.74) is 5.85. The van der Waals surface area contributed by atoms with E-state index in [4.69, 9.17) is 14.9 Å². The Balaban J connectivity index is 1.64. The standard InChI is InChI=1S/C18H18N2O5/c19-17(22)16(12-5-2-1-3-6-12)25-18(23)13-9-15(21)20(10-13)11-14-7-4-8-24-14/h1-8,13,16H,9-11H2,(H2,19,22)/t13-,16+/m1/s1. The van der Waals surface area contributed by atoms with Gasteiger partial charge in [-0.25, -0.2) is 0 Å². The van der Waals surface area contributed by atoms with E-state index in [1.54, 1.807) is 42.5 Å². The molecule has 1 saturated heterocycles. The van der Waals surface area contributed by atoms with Gasteiger partial charge in [-0.2, -0.15) is 0 Å². The van der Waals surface area contributed by atoms with E-state index in [1.807, 2.05) is 0 Å². The van der Waals surface area contributed by atoms with Crippen LogP contribution in [0.15, 0.2) is 53.1 Å². The molecular formula is C18H18N2O5. The molecule has 0 radical (unpaired) electrons. The van der Waals surface area contributed by atoms with Gasteiger partial charge in [-0.05, 0) is 12.1 Å². The molecule has 25 heavy (non-hydrogen) atoms. The summed E-state index contributed by atoms with van der Waals surface area (Å²) < 4.78 is 10.5. The van der Waals surface area contributed by atoms with Gasteiger partial charge in [-0.15, -0.1) is 0 Å². The van der Waals surface area contributed by atoms with E-state index >= 15 is 0 Å². The summed E-state index contributed by atoms with van der Waals surface area (Å²) in [4.78, 5) is 37.7. The first kappa shape index (κ1) is 16.8. The average molecular weight is 342 g/mol. The topological polar surface area (TPSA) is 103 Å². The molecule has 0 aliphatic carbocycles. The normalized spacial score (nSPS) is 18.2. The van der Waals surface area contributed by atoms with E-state index in [-0.39, 0.29) is 18.9 Å². The second-order valence-electron chi connectivity index (χ2n) is 5.88. The Morgan fingerprint density at radius 3 is 2.64 bits per heavy atom.